The van der Waals surface area contributed by atoms with Crippen molar-refractivity contribution in [3.63, 3.8) is 0 Å². The molecule has 0 amide bonds. The van der Waals surface area contributed by atoms with E-state index in [1.807, 2.05) is 24.3 Å². The van der Waals surface area contributed by atoms with E-state index >= 15 is 0 Å². The molecule has 0 aliphatic heterocycles. The Kier molecular flexibility index (Phi) is 4.33. The quantitative estimate of drug-likeness (QED) is 0.850. The summed E-state index contributed by atoms with van der Waals surface area (Å²) >= 11 is 1.52. The van der Waals surface area contributed by atoms with Gasteiger partial charge < -0.3 is 5.11 Å². The Bertz CT molecular complexity index is 543. The largest absolute Gasteiger partial charge is 0.392 e. The summed E-state index contributed by atoms with van der Waals surface area (Å²) in [6.45, 7) is -0.000420. The van der Waals surface area contributed by atoms with Gasteiger partial charge in [0.05, 0.1) is 6.61 Å². The van der Waals surface area contributed by atoms with Gasteiger partial charge in [0.15, 0.2) is 11.6 Å². The van der Waals surface area contributed by atoms with Crippen molar-refractivity contribution in [2.75, 3.05) is 0 Å². The van der Waals surface area contributed by atoms with E-state index < -0.39 is 11.6 Å². The van der Waals surface area contributed by atoms with Gasteiger partial charge in [0, 0.05) is 10.6 Å². The van der Waals surface area contributed by atoms with Crippen LogP contribution in [0.1, 0.15) is 11.1 Å². The molecule has 0 saturated heterocycles. The lowest BCUT2D eigenvalue weighted by Gasteiger charge is -2.04. The molecule has 0 aromatic heterocycles. The number of hydrogen-bond acceptors (Lipinski definition) is 2. The van der Waals surface area contributed by atoms with Crippen LogP contribution in [0.5, 0.6) is 0 Å². The van der Waals surface area contributed by atoms with E-state index in [4.69, 9.17) is 5.11 Å². The average Bonchev–Trinajstić information content (AvgIpc) is 2.40. The van der Waals surface area contributed by atoms with Crippen LogP contribution in [0, 0.1) is 11.6 Å². The molecule has 0 aliphatic carbocycles. The van der Waals surface area contributed by atoms with Gasteiger partial charge in [-0.25, -0.2) is 8.78 Å². The Morgan fingerprint density at radius 2 is 1.78 bits per heavy atom. The molecule has 2 rings (SSSR count). The molecule has 94 valence electrons. The van der Waals surface area contributed by atoms with Crippen molar-refractivity contribution in [1.29, 1.82) is 0 Å². The van der Waals surface area contributed by atoms with Crippen molar-refractivity contribution < 1.29 is 13.9 Å². The number of thioether (sulfide) groups is 1. The fraction of sp³-hybridized carbons (Fsp3) is 0.143. The molecule has 0 radical (unpaired) electrons. The first kappa shape index (κ1) is 13.1. The lowest BCUT2D eigenvalue weighted by molar-refractivity contribution is 0.281. The van der Waals surface area contributed by atoms with Crippen LogP contribution >= 0.6 is 11.8 Å². The van der Waals surface area contributed by atoms with Crippen molar-refractivity contribution in [1.82, 2.24) is 0 Å². The van der Waals surface area contributed by atoms with Gasteiger partial charge in [-0.3, -0.25) is 0 Å². The summed E-state index contributed by atoms with van der Waals surface area (Å²) in [5.74, 6) is -1.09. The zero-order valence-electron chi connectivity index (χ0n) is 9.57. The molecule has 0 unspecified atom stereocenters. The monoisotopic (exact) mass is 266 g/mol. The van der Waals surface area contributed by atoms with Gasteiger partial charge in [0.2, 0.25) is 0 Å². The van der Waals surface area contributed by atoms with Crippen LogP contribution in [0.25, 0.3) is 0 Å². The highest BCUT2D eigenvalue weighted by atomic mass is 32.2. The fourth-order valence-corrected chi connectivity index (χ4v) is 2.45. The third kappa shape index (κ3) is 3.31. The van der Waals surface area contributed by atoms with E-state index in [-0.39, 0.29) is 6.61 Å². The summed E-state index contributed by atoms with van der Waals surface area (Å²) in [5, 5.41) is 9.01. The Morgan fingerprint density at radius 1 is 0.944 bits per heavy atom. The van der Waals surface area contributed by atoms with Crippen molar-refractivity contribution in [2.45, 2.75) is 17.3 Å². The minimum Gasteiger partial charge on any atom is -0.392 e. The van der Waals surface area contributed by atoms with Gasteiger partial charge in [-0.1, -0.05) is 18.2 Å². The van der Waals surface area contributed by atoms with Crippen molar-refractivity contribution in [3.8, 4) is 0 Å². The highest BCUT2D eigenvalue weighted by Crippen LogP contribution is 2.24. The molecule has 1 N–H and O–H groups in total. The van der Waals surface area contributed by atoms with Gasteiger partial charge >= 0.3 is 0 Å². The lowest BCUT2D eigenvalue weighted by Crippen LogP contribution is -1.88. The molecule has 0 heterocycles. The van der Waals surface area contributed by atoms with Gasteiger partial charge in [-0.15, -0.1) is 11.8 Å². The maximum absolute atomic E-state index is 13.0. The van der Waals surface area contributed by atoms with E-state index in [1.54, 1.807) is 6.07 Å². The normalized spacial score (nSPS) is 10.6. The highest BCUT2D eigenvalue weighted by Gasteiger charge is 2.03. The molecule has 2 aromatic carbocycles. The van der Waals surface area contributed by atoms with Gasteiger partial charge in [0.1, 0.15) is 0 Å². The Labute approximate surface area is 108 Å². The molecule has 0 fully saturated rings. The molecule has 0 bridgehead atoms. The van der Waals surface area contributed by atoms with Crippen molar-refractivity contribution >= 4 is 11.8 Å². The number of aliphatic hydroxyl groups is 1. The predicted molar refractivity (Wildman–Crippen MR) is 68.3 cm³/mol. The van der Waals surface area contributed by atoms with Crippen LogP contribution in [0.3, 0.4) is 0 Å². The maximum atomic E-state index is 13.0. The van der Waals surface area contributed by atoms with Crippen LogP contribution in [0.2, 0.25) is 0 Å². The summed E-state index contributed by atoms with van der Waals surface area (Å²) in [7, 11) is 0. The van der Waals surface area contributed by atoms with E-state index in [9.17, 15) is 8.78 Å². The molecule has 0 atom stereocenters. The summed E-state index contributed by atoms with van der Waals surface area (Å²) < 4.78 is 25.8. The summed E-state index contributed by atoms with van der Waals surface area (Å²) in [6.07, 6.45) is 0. The first-order valence-corrected chi connectivity index (χ1v) is 6.44. The Hall–Kier alpha value is -1.39. The fourth-order valence-electron chi connectivity index (χ4n) is 1.53. The first-order valence-electron chi connectivity index (χ1n) is 5.45. The number of aliphatic hydroxyl groups excluding tert-OH is 1. The van der Waals surface area contributed by atoms with E-state index in [0.717, 1.165) is 22.1 Å². The summed E-state index contributed by atoms with van der Waals surface area (Å²) in [5.41, 5.74) is 1.57. The Morgan fingerprint density at radius 3 is 2.50 bits per heavy atom. The zero-order valence-corrected chi connectivity index (χ0v) is 10.4. The molecule has 1 nitrogen and oxygen atoms in total. The number of hydrogen-bond donors (Lipinski definition) is 1. The van der Waals surface area contributed by atoms with Gasteiger partial charge in [-0.2, -0.15) is 0 Å². The van der Waals surface area contributed by atoms with Crippen LogP contribution in [0.4, 0.5) is 8.78 Å². The highest BCUT2D eigenvalue weighted by molar-refractivity contribution is 7.98. The molecule has 0 aliphatic rings. The topological polar surface area (TPSA) is 20.2 Å². The third-order valence-electron chi connectivity index (χ3n) is 2.47. The summed E-state index contributed by atoms with van der Waals surface area (Å²) in [6, 6.07) is 11.4. The van der Waals surface area contributed by atoms with E-state index in [2.05, 4.69) is 0 Å². The smallest absolute Gasteiger partial charge is 0.159 e. The predicted octanol–water partition coefficient (Wildman–Crippen LogP) is 3.75. The molecule has 18 heavy (non-hydrogen) atoms. The van der Waals surface area contributed by atoms with Crippen LogP contribution in [-0.2, 0) is 12.4 Å². The molecule has 0 spiro atoms. The second-order valence-corrected chi connectivity index (χ2v) is 4.89. The van der Waals surface area contributed by atoms with Gasteiger partial charge in [-0.05, 0) is 35.4 Å². The molecular weight excluding hydrogens is 254 g/mol. The minimum atomic E-state index is -0.828. The van der Waals surface area contributed by atoms with Crippen LogP contribution < -0.4 is 0 Å². The van der Waals surface area contributed by atoms with Crippen LogP contribution in [-0.4, -0.2) is 5.11 Å². The second kappa shape index (κ2) is 5.98. The average molecular weight is 266 g/mol. The van der Waals surface area contributed by atoms with Crippen molar-refractivity contribution in [3.05, 3.63) is 65.2 Å². The standard InChI is InChI=1S/C14H12F2OS/c15-13-5-4-11(7-14(13)16)9-18-12-3-1-2-10(6-12)8-17/h1-7,17H,8-9H2. The third-order valence-corrected chi connectivity index (χ3v) is 3.54. The maximum Gasteiger partial charge on any atom is 0.159 e. The van der Waals surface area contributed by atoms with Crippen LogP contribution in [0.15, 0.2) is 47.4 Å². The second-order valence-electron chi connectivity index (χ2n) is 3.84. The van der Waals surface area contributed by atoms with E-state index in [0.29, 0.717) is 5.75 Å². The molecular formula is C14H12F2OS. The molecule has 0 saturated carbocycles. The SMILES string of the molecule is OCc1cccc(SCc2ccc(F)c(F)c2)c1. The first-order chi connectivity index (χ1) is 8.69. The Balaban J connectivity index is 2.04. The summed E-state index contributed by atoms with van der Waals surface area (Å²) in [4.78, 5) is 0.992. The number of rotatable bonds is 4. The molecule has 4 heteroatoms. The van der Waals surface area contributed by atoms with Gasteiger partial charge in [0.25, 0.3) is 0 Å². The minimum absolute atomic E-state index is 0.000420. The zero-order chi connectivity index (χ0) is 13.0. The van der Waals surface area contributed by atoms with E-state index in [1.165, 1.54) is 17.8 Å². The number of halogens is 2. The van der Waals surface area contributed by atoms with Crippen molar-refractivity contribution in [2.24, 2.45) is 0 Å². The lowest BCUT2D eigenvalue weighted by atomic mass is 10.2. The molecule has 2 aromatic rings. The number of benzene rings is 2.